The van der Waals surface area contributed by atoms with Gasteiger partial charge in [0.05, 0.1) is 0 Å². The van der Waals surface area contributed by atoms with Crippen LogP contribution in [0.25, 0.3) is 6.08 Å². The molecule has 19 heavy (non-hydrogen) atoms. The van der Waals surface area contributed by atoms with E-state index in [1.54, 1.807) is 11.1 Å². The third-order valence-corrected chi connectivity index (χ3v) is 2.73. The number of carbonyl (C=O) groups excluding carboxylic acids is 1. The van der Waals surface area contributed by atoms with Crippen LogP contribution in [0.5, 0.6) is 0 Å². The Labute approximate surface area is 114 Å². The molecule has 102 valence electrons. The Kier molecular flexibility index (Phi) is 3.60. The van der Waals surface area contributed by atoms with E-state index in [0.29, 0.717) is 13.1 Å². The van der Waals surface area contributed by atoms with Crippen molar-refractivity contribution < 1.29 is 9.53 Å². The van der Waals surface area contributed by atoms with Crippen LogP contribution in [0.15, 0.2) is 23.9 Å². The zero-order valence-electron chi connectivity index (χ0n) is 11.9. The van der Waals surface area contributed by atoms with Gasteiger partial charge in [0.2, 0.25) is 0 Å². The van der Waals surface area contributed by atoms with Crippen LogP contribution in [0.1, 0.15) is 32.0 Å². The van der Waals surface area contributed by atoms with Gasteiger partial charge in [0.15, 0.2) is 0 Å². The molecule has 0 unspecified atom stereocenters. The second-order valence-corrected chi connectivity index (χ2v) is 5.87. The lowest BCUT2D eigenvalue weighted by atomic mass is 10.0. The number of likely N-dealkylation sites (tertiary alicyclic amines) is 1. The van der Waals surface area contributed by atoms with Crippen molar-refractivity contribution in [2.24, 2.45) is 0 Å². The number of ether oxygens (including phenoxy) is 1. The Hall–Kier alpha value is -1.84. The van der Waals surface area contributed by atoms with Gasteiger partial charge in [-0.25, -0.2) is 4.79 Å². The molecule has 0 atom stereocenters. The van der Waals surface area contributed by atoms with Crippen LogP contribution < -0.4 is 0 Å². The van der Waals surface area contributed by atoms with E-state index in [9.17, 15) is 4.79 Å². The molecule has 1 aliphatic heterocycles. The Morgan fingerprint density at radius 2 is 2.11 bits per heavy atom. The summed E-state index contributed by atoms with van der Waals surface area (Å²) in [5.41, 5.74) is 2.93. The summed E-state index contributed by atoms with van der Waals surface area (Å²) >= 11 is 0. The van der Waals surface area contributed by atoms with E-state index in [1.165, 1.54) is 5.57 Å². The maximum absolute atomic E-state index is 11.8. The van der Waals surface area contributed by atoms with Crippen molar-refractivity contribution in [3.05, 3.63) is 35.2 Å². The van der Waals surface area contributed by atoms with Crippen LogP contribution in [-0.2, 0) is 4.74 Å². The van der Waals surface area contributed by atoms with Crippen molar-refractivity contribution >= 4 is 12.2 Å². The van der Waals surface area contributed by atoms with E-state index in [1.807, 2.05) is 39.8 Å². The number of nitrogens with zero attached hydrogens (tertiary/aromatic N) is 2. The highest BCUT2D eigenvalue weighted by molar-refractivity contribution is 5.72. The van der Waals surface area contributed by atoms with Gasteiger partial charge in [-0.15, -0.1) is 0 Å². The molecule has 0 saturated carbocycles. The first-order chi connectivity index (χ1) is 8.83. The minimum Gasteiger partial charge on any atom is -0.444 e. The van der Waals surface area contributed by atoms with Gasteiger partial charge in [0.25, 0.3) is 0 Å². The van der Waals surface area contributed by atoms with Crippen molar-refractivity contribution in [1.82, 2.24) is 9.88 Å². The number of rotatable bonds is 1. The lowest BCUT2D eigenvalue weighted by Crippen LogP contribution is -2.46. The van der Waals surface area contributed by atoms with E-state index in [4.69, 9.17) is 4.74 Å². The summed E-state index contributed by atoms with van der Waals surface area (Å²) in [5, 5.41) is 0. The topological polar surface area (TPSA) is 42.4 Å². The number of hydrogen-bond donors (Lipinski definition) is 0. The van der Waals surface area contributed by atoms with E-state index < -0.39 is 5.60 Å². The second-order valence-electron chi connectivity index (χ2n) is 5.87. The summed E-state index contributed by atoms with van der Waals surface area (Å²) < 4.78 is 5.31. The number of hydrogen-bond acceptors (Lipinski definition) is 3. The minimum absolute atomic E-state index is 0.240. The summed E-state index contributed by atoms with van der Waals surface area (Å²) in [6.45, 7) is 8.89. The maximum Gasteiger partial charge on any atom is 0.410 e. The molecule has 0 radical (unpaired) electrons. The largest absolute Gasteiger partial charge is 0.444 e. The Balaban J connectivity index is 1.91. The van der Waals surface area contributed by atoms with Crippen LogP contribution >= 0.6 is 0 Å². The average Bonchev–Trinajstić information content (AvgIpc) is 2.20. The Bertz CT molecular complexity index is 507. The highest BCUT2D eigenvalue weighted by Crippen LogP contribution is 2.21. The molecule has 1 fully saturated rings. The third kappa shape index (κ3) is 3.81. The van der Waals surface area contributed by atoms with Crippen LogP contribution in [-0.4, -0.2) is 34.7 Å². The summed E-state index contributed by atoms with van der Waals surface area (Å²) in [6, 6.07) is 4.00. The van der Waals surface area contributed by atoms with Crippen LogP contribution in [0.4, 0.5) is 4.79 Å². The molecule has 1 saturated heterocycles. The molecule has 1 aromatic heterocycles. The fourth-order valence-electron chi connectivity index (χ4n) is 1.88. The summed E-state index contributed by atoms with van der Waals surface area (Å²) in [6.07, 6.45) is 3.66. The minimum atomic E-state index is -0.432. The first kappa shape index (κ1) is 13.6. The molecule has 0 aromatic carbocycles. The Morgan fingerprint density at radius 3 is 2.68 bits per heavy atom. The van der Waals surface area contributed by atoms with Gasteiger partial charge in [0, 0.05) is 25.0 Å². The van der Waals surface area contributed by atoms with Gasteiger partial charge in [-0.05, 0) is 51.0 Å². The Morgan fingerprint density at radius 1 is 1.42 bits per heavy atom. The molecule has 4 heteroatoms. The molecule has 0 N–H and O–H groups in total. The monoisotopic (exact) mass is 260 g/mol. The lowest BCUT2D eigenvalue weighted by Gasteiger charge is -2.35. The molecular weight excluding hydrogens is 240 g/mol. The van der Waals surface area contributed by atoms with Crippen molar-refractivity contribution in [2.45, 2.75) is 33.3 Å². The van der Waals surface area contributed by atoms with Crippen molar-refractivity contribution in [3.8, 4) is 0 Å². The van der Waals surface area contributed by atoms with Crippen LogP contribution in [0, 0.1) is 6.92 Å². The van der Waals surface area contributed by atoms with Gasteiger partial charge >= 0.3 is 6.09 Å². The van der Waals surface area contributed by atoms with Gasteiger partial charge < -0.3 is 9.64 Å². The lowest BCUT2D eigenvalue weighted by molar-refractivity contribution is 0.0216. The second kappa shape index (κ2) is 5.03. The molecule has 0 aliphatic carbocycles. The highest BCUT2D eigenvalue weighted by Gasteiger charge is 2.29. The molecule has 1 aliphatic rings. The predicted molar refractivity (Wildman–Crippen MR) is 74.8 cm³/mol. The number of aryl methyl sites for hydroxylation is 1. The van der Waals surface area contributed by atoms with Crippen molar-refractivity contribution in [1.29, 1.82) is 0 Å². The standard InChI is InChI=1S/C15H20N2O2/c1-11-7-12(5-6-16-11)8-13-9-17(10-13)14(18)19-15(2,3)4/h5-8H,9-10H2,1-4H3. The fourth-order valence-corrected chi connectivity index (χ4v) is 1.88. The van der Waals surface area contributed by atoms with Crippen molar-refractivity contribution in [3.63, 3.8) is 0 Å². The quantitative estimate of drug-likeness (QED) is 0.779. The molecule has 0 bridgehead atoms. The van der Waals surface area contributed by atoms with E-state index in [0.717, 1.165) is 11.3 Å². The molecule has 1 aromatic rings. The first-order valence-electron chi connectivity index (χ1n) is 6.43. The van der Waals surface area contributed by atoms with E-state index in [2.05, 4.69) is 11.1 Å². The fraction of sp³-hybridized carbons (Fsp3) is 0.467. The average molecular weight is 260 g/mol. The zero-order chi connectivity index (χ0) is 14.0. The number of carbonyl (C=O) groups is 1. The first-order valence-corrected chi connectivity index (χ1v) is 6.43. The predicted octanol–water partition coefficient (Wildman–Crippen LogP) is 3.02. The van der Waals surface area contributed by atoms with Crippen LogP contribution in [0.3, 0.4) is 0 Å². The summed E-state index contributed by atoms with van der Waals surface area (Å²) in [7, 11) is 0. The van der Waals surface area contributed by atoms with Gasteiger partial charge in [0.1, 0.15) is 5.60 Å². The molecular formula is C15H20N2O2. The molecule has 2 rings (SSSR count). The van der Waals surface area contributed by atoms with Crippen LogP contribution in [0.2, 0.25) is 0 Å². The maximum atomic E-state index is 11.8. The number of amides is 1. The molecule has 1 amide bonds. The smallest absolute Gasteiger partial charge is 0.410 e. The molecule has 2 heterocycles. The molecule has 4 nitrogen and oxygen atoms in total. The molecule has 0 spiro atoms. The van der Waals surface area contributed by atoms with Gasteiger partial charge in [-0.3, -0.25) is 4.98 Å². The highest BCUT2D eigenvalue weighted by atomic mass is 16.6. The third-order valence-electron chi connectivity index (χ3n) is 2.73. The zero-order valence-corrected chi connectivity index (χ0v) is 11.9. The van der Waals surface area contributed by atoms with E-state index in [-0.39, 0.29) is 6.09 Å². The summed E-state index contributed by atoms with van der Waals surface area (Å²) in [4.78, 5) is 17.6. The van der Waals surface area contributed by atoms with Gasteiger partial charge in [-0.2, -0.15) is 0 Å². The number of pyridine rings is 1. The van der Waals surface area contributed by atoms with Crippen molar-refractivity contribution in [2.75, 3.05) is 13.1 Å². The van der Waals surface area contributed by atoms with E-state index >= 15 is 0 Å². The van der Waals surface area contributed by atoms with Gasteiger partial charge in [-0.1, -0.05) is 6.08 Å². The normalized spacial score (nSPS) is 14.9. The SMILES string of the molecule is Cc1cc(C=C2CN(C(=O)OC(C)(C)C)C2)ccn1. The summed E-state index contributed by atoms with van der Waals surface area (Å²) in [5.74, 6) is 0. The number of aromatic nitrogens is 1.